The number of ether oxygens (including phenoxy) is 1. The molecule has 0 aromatic rings. The lowest BCUT2D eigenvalue weighted by molar-refractivity contribution is -0.332. The van der Waals surface area contributed by atoms with Crippen LogP contribution in [-0.4, -0.2) is 37.7 Å². The van der Waals surface area contributed by atoms with Gasteiger partial charge in [-0.1, -0.05) is 20.3 Å². The summed E-state index contributed by atoms with van der Waals surface area (Å²) >= 11 is 0. The molecule has 0 aliphatic heterocycles. The molecule has 0 heterocycles. The normalized spacial score (nSPS) is 16.7. The molecule has 0 radical (unpaired) electrons. The largest absolute Gasteiger partial charge is 0.423 e. The summed E-state index contributed by atoms with van der Waals surface area (Å²) in [5.41, 5.74) is 0. The van der Waals surface area contributed by atoms with Gasteiger partial charge in [0.2, 0.25) is 6.10 Å². The summed E-state index contributed by atoms with van der Waals surface area (Å²) in [7, 11) is 1.49. The quantitative estimate of drug-likeness (QED) is 0.724. The van der Waals surface area contributed by atoms with Gasteiger partial charge in [-0.3, -0.25) is 0 Å². The zero-order valence-electron chi connectivity index (χ0n) is 11.0. The van der Waals surface area contributed by atoms with Crippen LogP contribution in [0.15, 0.2) is 0 Å². The second-order valence-corrected chi connectivity index (χ2v) is 4.23. The molecule has 19 heavy (non-hydrogen) atoms. The van der Waals surface area contributed by atoms with Crippen LogP contribution in [0.2, 0.25) is 0 Å². The van der Waals surface area contributed by atoms with Crippen molar-refractivity contribution in [3.8, 4) is 0 Å². The third-order valence-electron chi connectivity index (χ3n) is 2.73. The van der Waals surface area contributed by atoms with Gasteiger partial charge in [-0.15, -0.1) is 0 Å². The van der Waals surface area contributed by atoms with E-state index in [9.17, 15) is 26.3 Å². The van der Waals surface area contributed by atoms with Crippen LogP contribution < -0.4 is 5.32 Å². The second-order valence-electron chi connectivity index (χ2n) is 4.23. The predicted molar refractivity (Wildman–Crippen MR) is 58.8 cm³/mol. The van der Waals surface area contributed by atoms with Crippen molar-refractivity contribution < 1.29 is 31.1 Å². The van der Waals surface area contributed by atoms with Crippen molar-refractivity contribution in [3.63, 3.8) is 0 Å². The fourth-order valence-electron chi connectivity index (χ4n) is 1.82. The van der Waals surface area contributed by atoms with Crippen LogP contribution in [0.25, 0.3) is 0 Å². The van der Waals surface area contributed by atoms with E-state index in [1.807, 2.05) is 0 Å². The van der Waals surface area contributed by atoms with E-state index in [-0.39, 0.29) is 6.42 Å². The van der Waals surface area contributed by atoms with Crippen LogP contribution in [0.1, 0.15) is 33.1 Å². The minimum absolute atomic E-state index is 0.0637. The Labute approximate surface area is 108 Å². The monoisotopic (exact) mass is 295 g/mol. The number of nitrogens with one attached hydrogen (secondary N) is 1. The van der Waals surface area contributed by atoms with E-state index in [0.717, 1.165) is 0 Å². The van der Waals surface area contributed by atoms with Crippen molar-refractivity contribution in [2.45, 2.75) is 63.7 Å². The van der Waals surface area contributed by atoms with Crippen molar-refractivity contribution in [3.05, 3.63) is 0 Å². The van der Waals surface area contributed by atoms with Crippen molar-refractivity contribution in [2.75, 3.05) is 7.05 Å². The molecular weight excluding hydrogens is 276 g/mol. The fraction of sp³-hybridized carbons (Fsp3) is 1.00. The van der Waals surface area contributed by atoms with Gasteiger partial charge in [-0.25, -0.2) is 0 Å². The van der Waals surface area contributed by atoms with Gasteiger partial charge in [-0.05, 0) is 19.9 Å². The molecule has 8 heteroatoms. The standard InChI is InChI=1S/C11H19F6NO/c1-4-6-7(18-3)8(5-2)19-9(10(12,13)14)11(15,16)17/h7-9,18H,4-6H2,1-3H3. The van der Waals surface area contributed by atoms with Gasteiger partial charge in [0.05, 0.1) is 6.10 Å². The van der Waals surface area contributed by atoms with Crippen LogP contribution in [-0.2, 0) is 4.74 Å². The molecule has 0 saturated carbocycles. The average molecular weight is 295 g/mol. The Morgan fingerprint density at radius 3 is 1.74 bits per heavy atom. The lowest BCUT2D eigenvalue weighted by Gasteiger charge is -2.32. The molecule has 0 aromatic heterocycles. The third-order valence-corrected chi connectivity index (χ3v) is 2.73. The van der Waals surface area contributed by atoms with E-state index < -0.39 is 30.6 Å². The Bertz CT molecular complexity index is 239. The molecule has 0 spiro atoms. The fourth-order valence-corrected chi connectivity index (χ4v) is 1.82. The first-order chi connectivity index (χ1) is 8.57. The van der Waals surface area contributed by atoms with Gasteiger partial charge in [0.1, 0.15) is 0 Å². The van der Waals surface area contributed by atoms with Crippen LogP contribution >= 0.6 is 0 Å². The molecule has 0 aromatic carbocycles. The van der Waals surface area contributed by atoms with Crippen molar-refractivity contribution in [1.29, 1.82) is 0 Å². The van der Waals surface area contributed by atoms with E-state index in [0.29, 0.717) is 12.8 Å². The summed E-state index contributed by atoms with van der Waals surface area (Å²) in [6.07, 6.45) is -14.7. The second kappa shape index (κ2) is 7.33. The molecule has 2 atom stereocenters. The van der Waals surface area contributed by atoms with E-state index in [1.54, 1.807) is 6.92 Å². The highest BCUT2D eigenvalue weighted by Gasteiger charge is 2.58. The zero-order chi connectivity index (χ0) is 15.3. The molecule has 0 bridgehead atoms. The minimum Gasteiger partial charge on any atom is -0.356 e. The molecule has 2 unspecified atom stereocenters. The number of hydrogen-bond acceptors (Lipinski definition) is 2. The van der Waals surface area contributed by atoms with Crippen molar-refractivity contribution >= 4 is 0 Å². The summed E-state index contributed by atoms with van der Waals surface area (Å²) in [6.45, 7) is 3.29. The minimum atomic E-state index is -5.46. The molecule has 0 rings (SSSR count). The van der Waals surface area contributed by atoms with Crippen LogP contribution in [0.5, 0.6) is 0 Å². The predicted octanol–water partition coefficient (Wildman–Crippen LogP) is 3.66. The highest BCUT2D eigenvalue weighted by atomic mass is 19.4. The van der Waals surface area contributed by atoms with E-state index in [4.69, 9.17) is 0 Å². The average Bonchev–Trinajstić information content (AvgIpc) is 2.24. The molecule has 1 N–H and O–H groups in total. The van der Waals surface area contributed by atoms with Gasteiger partial charge in [-0.2, -0.15) is 26.3 Å². The molecule has 0 fully saturated rings. The molecule has 0 aliphatic rings. The first kappa shape index (κ1) is 18.5. The maximum Gasteiger partial charge on any atom is 0.423 e. The number of alkyl halides is 6. The Morgan fingerprint density at radius 2 is 1.47 bits per heavy atom. The lowest BCUT2D eigenvalue weighted by Crippen LogP contribution is -2.50. The van der Waals surface area contributed by atoms with E-state index in [2.05, 4.69) is 10.1 Å². The van der Waals surface area contributed by atoms with Gasteiger partial charge in [0, 0.05) is 6.04 Å². The summed E-state index contributed by atoms with van der Waals surface area (Å²) < 4.78 is 78.7. The summed E-state index contributed by atoms with van der Waals surface area (Å²) in [4.78, 5) is 0. The summed E-state index contributed by atoms with van der Waals surface area (Å²) in [5.74, 6) is 0. The number of rotatable bonds is 7. The highest BCUT2D eigenvalue weighted by Crippen LogP contribution is 2.37. The van der Waals surface area contributed by atoms with Gasteiger partial charge >= 0.3 is 12.4 Å². The summed E-state index contributed by atoms with van der Waals surface area (Å²) in [5, 5.41) is 2.70. The van der Waals surface area contributed by atoms with Crippen LogP contribution in [0.3, 0.4) is 0 Å². The number of hydrogen-bond donors (Lipinski definition) is 1. The maximum absolute atomic E-state index is 12.4. The molecule has 0 amide bonds. The van der Waals surface area contributed by atoms with E-state index >= 15 is 0 Å². The maximum atomic E-state index is 12.4. The van der Waals surface area contributed by atoms with Crippen molar-refractivity contribution in [1.82, 2.24) is 5.32 Å². The molecule has 0 saturated heterocycles. The highest BCUT2D eigenvalue weighted by molar-refractivity contribution is 4.82. The molecule has 0 aliphatic carbocycles. The topological polar surface area (TPSA) is 21.3 Å². The smallest absolute Gasteiger partial charge is 0.356 e. The zero-order valence-corrected chi connectivity index (χ0v) is 11.0. The Hall–Kier alpha value is -0.500. The van der Waals surface area contributed by atoms with E-state index in [1.165, 1.54) is 14.0 Å². The first-order valence-electron chi connectivity index (χ1n) is 6.04. The summed E-state index contributed by atoms with van der Waals surface area (Å²) in [6, 6.07) is -0.540. The Kier molecular flexibility index (Phi) is 7.13. The SMILES string of the molecule is CCCC(NC)C(CC)OC(C(F)(F)F)C(F)(F)F. The van der Waals surface area contributed by atoms with Crippen LogP contribution in [0.4, 0.5) is 26.3 Å². The van der Waals surface area contributed by atoms with Gasteiger partial charge < -0.3 is 10.1 Å². The lowest BCUT2D eigenvalue weighted by atomic mass is 10.0. The van der Waals surface area contributed by atoms with Gasteiger partial charge in [0.15, 0.2) is 0 Å². The van der Waals surface area contributed by atoms with Crippen LogP contribution in [0, 0.1) is 0 Å². The Balaban J connectivity index is 4.98. The first-order valence-corrected chi connectivity index (χ1v) is 6.04. The molecule has 2 nitrogen and oxygen atoms in total. The molecule has 116 valence electrons. The Morgan fingerprint density at radius 1 is 1.00 bits per heavy atom. The van der Waals surface area contributed by atoms with Crippen molar-refractivity contribution in [2.24, 2.45) is 0 Å². The number of halogens is 6. The van der Waals surface area contributed by atoms with Gasteiger partial charge in [0.25, 0.3) is 0 Å². The third kappa shape index (κ3) is 5.99. The molecular formula is C11H19F6NO. The number of likely N-dealkylation sites (N-methyl/N-ethyl adjacent to an activating group) is 1.